The number of anilines is 1. The molecule has 1 aromatic carbocycles. The molecular formula is C13H20ClN3O3S. The van der Waals surface area contributed by atoms with E-state index in [4.69, 9.17) is 17.3 Å². The molecule has 0 saturated carbocycles. The minimum Gasteiger partial charge on any atom is -0.398 e. The third kappa shape index (κ3) is 5.18. The summed E-state index contributed by atoms with van der Waals surface area (Å²) in [5, 5.41) is 2.92. The lowest BCUT2D eigenvalue weighted by atomic mass is 10.2. The van der Waals surface area contributed by atoms with E-state index < -0.39 is 10.0 Å². The number of nitrogen functional groups attached to an aromatic ring is 1. The van der Waals surface area contributed by atoms with Crippen molar-refractivity contribution in [3.8, 4) is 0 Å². The van der Waals surface area contributed by atoms with Crippen LogP contribution in [0.15, 0.2) is 17.0 Å². The van der Waals surface area contributed by atoms with Crippen LogP contribution in [0.25, 0.3) is 0 Å². The van der Waals surface area contributed by atoms with Crippen LogP contribution < -0.4 is 15.8 Å². The van der Waals surface area contributed by atoms with Gasteiger partial charge in [0.15, 0.2) is 0 Å². The molecule has 0 spiro atoms. The predicted octanol–water partition coefficient (Wildman–Crippen LogP) is 1.43. The molecule has 1 amide bonds. The third-order valence-electron chi connectivity index (χ3n) is 2.87. The fourth-order valence-electron chi connectivity index (χ4n) is 1.68. The van der Waals surface area contributed by atoms with E-state index >= 15 is 0 Å². The first kappa shape index (κ1) is 17.7. The average Bonchev–Trinajstić information content (AvgIpc) is 2.40. The first-order valence-corrected chi connectivity index (χ1v) is 8.46. The van der Waals surface area contributed by atoms with Gasteiger partial charge < -0.3 is 11.1 Å². The van der Waals surface area contributed by atoms with Crippen molar-refractivity contribution in [3.05, 3.63) is 22.7 Å². The number of rotatable bonds is 7. The normalized spacial score (nSPS) is 11.4. The van der Waals surface area contributed by atoms with Crippen molar-refractivity contribution in [1.29, 1.82) is 0 Å². The third-order valence-corrected chi connectivity index (χ3v) is 4.68. The topological polar surface area (TPSA) is 101 Å². The number of sulfonamides is 1. The van der Waals surface area contributed by atoms with E-state index in [1.165, 1.54) is 12.1 Å². The lowest BCUT2D eigenvalue weighted by molar-refractivity contribution is -0.120. The summed E-state index contributed by atoms with van der Waals surface area (Å²) < 4.78 is 26.8. The van der Waals surface area contributed by atoms with Gasteiger partial charge in [-0.25, -0.2) is 13.1 Å². The zero-order valence-corrected chi connectivity index (χ0v) is 13.6. The smallest absolute Gasteiger partial charge is 0.240 e. The second kappa shape index (κ2) is 7.63. The number of carbonyl (C=O) groups excluding carboxylic acids is 1. The summed E-state index contributed by atoms with van der Waals surface area (Å²) in [6, 6.07) is 2.83. The molecular weight excluding hydrogens is 314 g/mol. The number of hydrogen-bond donors (Lipinski definition) is 3. The van der Waals surface area contributed by atoms with Crippen LogP contribution in [0.5, 0.6) is 0 Å². The monoisotopic (exact) mass is 333 g/mol. The molecule has 6 nitrogen and oxygen atoms in total. The second-order valence-corrected chi connectivity index (χ2v) is 6.79. The van der Waals surface area contributed by atoms with Gasteiger partial charge in [-0.3, -0.25) is 4.79 Å². The summed E-state index contributed by atoms with van der Waals surface area (Å²) in [4.78, 5) is 11.4. The molecule has 0 unspecified atom stereocenters. The van der Waals surface area contributed by atoms with Gasteiger partial charge in [0.2, 0.25) is 15.9 Å². The van der Waals surface area contributed by atoms with E-state index in [1.54, 1.807) is 6.92 Å². The highest BCUT2D eigenvalue weighted by Crippen LogP contribution is 2.25. The molecule has 0 aliphatic carbocycles. The maximum atomic E-state index is 12.2. The van der Waals surface area contributed by atoms with Crippen LogP contribution in [0.3, 0.4) is 0 Å². The summed E-state index contributed by atoms with van der Waals surface area (Å²) in [6.45, 7) is 4.14. The van der Waals surface area contributed by atoms with Crippen LogP contribution in [0.2, 0.25) is 5.02 Å². The van der Waals surface area contributed by atoms with Crippen LogP contribution in [-0.4, -0.2) is 27.4 Å². The number of nitrogens with one attached hydrogen (secondary N) is 2. The number of benzene rings is 1. The van der Waals surface area contributed by atoms with Gasteiger partial charge in [-0.15, -0.1) is 0 Å². The number of nitrogens with two attached hydrogens (primary N) is 1. The van der Waals surface area contributed by atoms with Crippen LogP contribution in [-0.2, 0) is 14.8 Å². The van der Waals surface area contributed by atoms with Gasteiger partial charge in [0.1, 0.15) is 0 Å². The molecule has 0 fully saturated rings. The van der Waals surface area contributed by atoms with Crippen molar-refractivity contribution in [2.24, 2.45) is 0 Å². The van der Waals surface area contributed by atoms with Gasteiger partial charge in [0.25, 0.3) is 0 Å². The van der Waals surface area contributed by atoms with E-state index in [1.807, 2.05) is 6.92 Å². The zero-order valence-electron chi connectivity index (χ0n) is 12.1. The Bertz CT molecular complexity index is 617. The Kier molecular flexibility index (Phi) is 6.44. The molecule has 0 radical (unpaired) electrons. The quantitative estimate of drug-likeness (QED) is 0.657. The molecule has 0 heterocycles. The molecule has 0 atom stereocenters. The van der Waals surface area contributed by atoms with Crippen molar-refractivity contribution in [3.63, 3.8) is 0 Å². The summed E-state index contributed by atoms with van der Waals surface area (Å²) in [5.41, 5.74) is 6.45. The molecule has 0 aliphatic heterocycles. The van der Waals surface area contributed by atoms with E-state index in [-0.39, 0.29) is 28.8 Å². The Morgan fingerprint density at radius 3 is 2.62 bits per heavy atom. The maximum Gasteiger partial charge on any atom is 0.240 e. The molecule has 0 aromatic heterocycles. The van der Waals surface area contributed by atoms with E-state index in [0.29, 0.717) is 17.8 Å². The summed E-state index contributed by atoms with van der Waals surface area (Å²) in [7, 11) is -3.75. The predicted molar refractivity (Wildman–Crippen MR) is 83.7 cm³/mol. The summed E-state index contributed by atoms with van der Waals surface area (Å²) >= 11 is 5.83. The van der Waals surface area contributed by atoms with Gasteiger partial charge >= 0.3 is 0 Å². The average molecular weight is 334 g/mol. The number of amides is 1. The fourth-order valence-corrected chi connectivity index (χ4v) is 3.30. The molecule has 118 valence electrons. The number of halogens is 1. The van der Waals surface area contributed by atoms with Gasteiger partial charge in [-0.2, -0.15) is 0 Å². The van der Waals surface area contributed by atoms with Gasteiger partial charge in [0, 0.05) is 30.2 Å². The molecule has 1 rings (SSSR count). The minimum absolute atomic E-state index is 0.0176. The highest BCUT2D eigenvalue weighted by molar-refractivity contribution is 7.89. The van der Waals surface area contributed by atoms with Crippen molar-refractivity contribution in [2.75, 3.05) is 18.8 Å². The van der Waals surface area contributed by atoms with Gasteiger partial charge in [-0.1, -0.05) is 18.5 Å². The largest absolute Gasteiger partial charge is 0.398 e. The minimum atomic E-state index is -3.75. The van der Waals surface area contributed by atoms with E-state index in [9.17, 15) is 13.2 Å². The lowest BCUT2D eigenvalue weighted by Crippen LogP contribution is -2.31. The van der Waals surface area contributed by atoms with Crippen LogP contribution in [0.1, 0.15) is 25.3 Å². The molecule has 0 saturated heterocycles. The molecule has 0 aliphatic rings. The van der Waals surface area contributed by atoms with Crippen molar-refractivity contribution < 1.29 is 13.2 Å². The fraction of sp³-hybridized carbons (Fsp3) is 0.462. The first-order valence-electron chi connectivity index (χ1n) is 6.60. The highest BCUT2D eigenvalue weighted by Gasteiger charge is 2.19. The van der Waals surface area contributed by atoms with Crippen molar-refractivity contribution in [1.82, 2.24) is 10.0 Å². The number of hydrogen-bond acceptors (Lipinski definition) is 4. The van der Waals surface area contributed by atoms with Crippen LogP contribution >= 0.6 is 11.6 Å². The van der Waals surface area contributed by atoms with Gasteiger partial charge in [-0.05, 0) is 31.0 Å². The van der Waals surface area contributed by atoms with Gasteiger partial charge in [0.05, 0.1) is 4.90 Å². The van der Waals surface area contributed by atoms with Crippen LogP contribution in [0.4, 0.5) is 5.69 Å². The lowest BCUT2D eigenvalue weighted by Gasteiger charge is -2.11. The van der Waals surface area contributed by atoms with Crippen LogP contribution in [0, 0.1) is 6.92 Å². The molecule has 8 heteroatoms. The Labute approximate surface area is 130 Å². The van der Waals surface area contributed by atoms with Crippen molar-refractivity contribution in [2.45, 2.75) is 31.6 Å². The Morgan fingerprint density at radius 2 is 2.00 bits per heavy atom. The highest BCUT2D eigenvalue weighted by atomic mass is 35.5. The Morgan fingerprint density at radius 1 is 1.33 bits per heavy atom. The maximum absolute atomic E-state index is 12.2. The second-order valence-electron chi connectivity index (χ2n) is 4.62. The van der Waals surface area contributed by atoms with Crippen molar-refractivity contribution >= 4 is 33.2 Å². The Hall–Kier alpha value is -1.31. The SMILES string of the molecule is CCCNC(=O)CCNS(=O)(=O)c1cc(Cl)cc(N)c1C. The summed E-state index contributed by atoms with van der Waals surface area (Å²) in [6.07, 6.45) is 0.910. The van der Waals surface area contributed by atoms with E-state index in [0.717, 1.165) is 6.42 Å². The zero-order chi connectivity index (χ0) is 16.0. The molecule has 0 bridgehead atoms. The first-order chi connectivity index (χ1) is 9.77. The van der Waals surface area contributed by atoms with E-state index in [2.05, 4.69) is 10.0 Å². The molecule has 21 heavy (non-hydrogen) atoms. The number of carbonyl (C=O) groups is 1. The molecule has 1 aromatic rings. The Balaban J connectivity index is 2.73. The summed E-state index contributed by atoms with van der Waals surface area (Å²) in [5.74, 6) is -0.193. The standard InChI is InChI=1S/C13H20ClN3O3S/c1-3-5-16-13(18)4-6-17-21(19,20)12-8-10(14)7-11(15)9(12)2/h7-8,17H,3-6,15H2,1-2H3,(H,16,18). The molecule has 4 N–H and O–H groups in total.